The molecule has 0 bridgehead atoms. The van der Waals surface area contributed by atoms with Gasteiger partial charge in [0.25, 0.3) is 5.91 Å². The smallest absolute Gasteiger partial charge is 0.277 e. The van der Waals surface area contributed by atoms with Gasteiger partial charge in [0, 0.05) is 6.21 Å². The average Bonchev–Trinajstić information content (AvgIpc) is 2.60. The molecule has 0 aliphatic rings. The Hall–Kier alpha value is -2.40. The van der Waals surface area contributed by atoms with Gasteiger partial charge in [-0.25, -0.2) is 5.43 Å². The second-order valence-corrected chi connectivity index (χ2v) is 7.62. The van der Waals surface area contributed by atoms with Crippen LogP contribution in [0.1, 0.15) is 31.9 Å². The van der Waals surface area contributed by atoms with Gasteiger partial charge >= 0.3 is 0 Å². The molecule has 0 aromatic heterocycles. The molecule has 0 fully saturated rings. The van der Waals surface area contributed by atoms with E-state index in [1.165, 1.54) is 11.8 Å². The molecule has 0 radical (unpaired) electrons. The molecule has 0 saturated carbocycles. The highest BCUT2D eigenvalue weighted by Crippen LogP contribution is 2.31. The number of amides is 1. The van der Waals surface area contributed by atoms with Gasteiger partial charge in [-0.2, -0.15) is 5.10 Å². The van der Waals surface area contributed by atoms with Crippen LogP contribution in [-0.4, -0.2) is 18.7 Å². The fourth-order valence-corrected chi connectivity index (χ4v) is 2.62. The van der Waals surface area contributed by atoms with Crippen molar-refractivity contribution in [3.63, 3.8) is 0 Å². The summed E-state index contributed by atoms with van der Waals surface area (Å²) in [5, 5.41) is 3.86. The van der Waals surface area contributed by atoms with Crippen molar-refractivity contribution < 1.29 is 9.53 Å². The van der Waals surface area contributed by atoms with Crippen LogP contribution in [0.4, 0.5) is 0 Å². The van der Waals surface area contributed by atoms with Crippen LogP contribution < -0.4 is 10.2 Å². The van der Waals surface area contributed by atoms with E-state index in [0.717, 1.165) is 10.0 Å². The number of ether oxygens (including phenoxy) is 1. The standard InChI is InChI=1S/C21H23BrN2O2/c1-21(2,3)17-11-12-19(18(22)14-17)26-15-20(25)24-23-13-7-10-16-8-5-4-6-9-16/h4-14H,15H2,1-3H3,(H,24,25)/b10-7+,23-13+. The van der Waals surface area contributed by atoms with Gasteiger partial charge < -0.3 is 4.74 Å². The molecule has 2 aromatic rings. The van der Waals surface area contributed by atoms with Crippen LogP contribution in [0, 0.1) is 0 Å². The molecule has 0 aliphatic heterocycles. The topological polar surface area (TPSA) is 50.7 Å². The monoisotopic (exact) mass is 414 g/mol. The predicted octanol–water partition coefficient (Wildman–Crippen LogP) is 4.94. The Balaban J connectivity index is 1.80. The lowest BCUT2D eigenvalue weighted by Gasteiger charge is -2.20. The van der Waals surface area contributed by atoms with Crippen molar-refractivity contribution in [2.24, 2.45) is 5.10 Å². The van der Waals surface area contributed by atoms with Gasteiger partial charge in [-0.3, -0.25) is 4.79 Å². The largest absolute Gasteiger partial charge is 0.483 e. The van der Waals surface area contributed by atoms with E-state index in [1.54, 1.807) is 6.08 Å². The van der Waals surface area contributed by atoms with Gasteiger partial charge in [0.05, 0.1) is 4.47 Å². The Morgan fingerprint density at radius 3 is 2.58 bits per heavy atom. The van der Waals surface area contributed by atoms with Gasteiger partial charge in [0.1, 0.15) is 5.75 Å². The number of benzene rings is 2. The van der Waals surface area contributed by atoms with E-state index in [4.69, 9.17) is 4.74 Å². The summed E-state index contributed by atoms with van der Waals surface area (Å²) < 4.78 is 6.37. The maximum atomic E-state index is 11.8. The van der Waals surface area contributed by atoms with Crippen molar-refractivity contribution in [2.75, 3.05) is 6.61 Å². The molecule has 5 heteroatoms. The summed E-state index contributed by atoms with van der Waals surface area (Å²) in [6.45, 7) is 6.33. The number of carbonyl (C=O) groups excluding carboxylic acids is 1. The van der Waals surface area contributed by atoms with E-state index in [1.807, 2.05) is 54.6 Å². The number of hydrazone groups is 1. The molecular weight excluding hydrogens is 392 g/mol. The van der Waals surface area contributed by atoms with Crippen LogP contribution in [0.5, 0.6) is 5.75 Å². The second-order valence-electron chi connectivity index (χ2n) is 6.77. The van der Waals surface area contributed by atoms with Crippen LogP contribution in [0.25, 0.3) is 6.08 Å². The molecule has 0 spiro atoms. The maximum absolute atomic E-state index is 11.8. The Kier molecular flexibility index (Phi) is 7.16. The zero-order chi connectivity index (χ0) is 19.0. The Bertz CT molecular complexity index is 793. The van der Waals surface area contributed by atoms with E-state index in [0.29, 0.717) is 5.75 Å². The second kappa shape index (κ2) is 9.34. The van der Waals surface area contributed by atoms with Crippen LogP contribution in [-0.2, 0) is 10.2 Å². The van der Waals surface area contributed by atoms with E-state index in [9.17, 15) is 4.79 Å². The highest BCUT2D eigenvalue weighted by atomic mass is 79.9. The molecule has 136 valence electrons. The van der Waals surface area contributed by atoms with Crippen LogP contribution in [0.2, 0.25) is 0 Å². The van der Waals surface area contributed by atoms with Crippen LogP contribution >= 0.6 is 15.9 Å². The summed E-state index contributed by atoms with van der Waals surface area (Å²) in [5.41, 5.74) is 4.75. The van der Waals surface area contributed by atoms with Crippen molar-refractivity contribution in [3.05, 3.63) is 70.2 Å². The van der Waals surface area contributed by atoms with E-state index < -0.39 is 0 Å². The first-order chi connectivity index (χ1) is 12.4. The zero-order valence-electron chi connectivity index (χ0n) is 15.2. The quantitative estimate of drug-likeness (QED) is 0.537. The van der Waals surface area contributed by atoms with Gasteiger partial charge in [-0.05, 0) is 50.7 Å². The lowest BCUT2D eigenvalue weighted by atomic mass is 9.87. The molecule has 1 amide bonds. The summed E-state index contributed by atoms with van der Waals surface area (Å²) in [4.78, 5) is 11.8. The average molecular weight is 415 g/mol. The third-order valence-electron chi connectivity index (χ3n) is 3.59. The number of carbonyl (C=O) groups is 1. The van der Waals surface area contributed by atoms with Gasteiger partial charge in [0.2, 0.25) is 0 Å². The third kappa shape index (κ3) is 6.48. The molecule has 2 rings (SSSR count). The maximum Gasteiger partial charge on any atom is 0.277 e. The number of nitrogens with one attached hydrogen (secondary N) is 1. The molecular formula is C21H23BrN2O2. The number of nitrogens with zero attached hydrogens (tertiary/aromatic N) is 1. The molecule has 0 heterocycles. The van der Waals surface area contributed by atoms with Crippen molar-refractivity contribution in [1.29, 1.82) is 0 Å². The Morgan fingerprint density at radius 1 is 1.19 bits per heavy atom. The lowest BCUT2D eigenvalue weighted by molar-refractivity contribution is -0.123. The number of allylic oxidation sites excluding steroid dienone is 1. The molecule has 1 N–H and O–H groups in total. The summed E-state index contributed by atoms with van der Waals surface area (Å²) >= 11 is 3.49. The molecule has 2 aromatic carbocycles. The molecule has 0 saturated heterocycles. The van der Waals surface area contributed by atoms with Crippen molar-refractivity contribution in [3.8, 4) is 5.75 Å². The van der Waals surface area contributed by atoms with E-state index in [2.05, 4.69) is 47.2 Å². The highest BCUT2D eigenvalue weighted by Gasteiger charge is 2.15. The van der Waals surface area contributed by atoms with E-state index >= 15 is 0 Å². The predicted molar refractivity (Wildman–Crippen MR) is 110 cm³/mol. The van der Waals surface area contributed by atoms with Crippen molar-refractivity contribution in [2.45, 2.75) is 26.2 Å². The number of halogens is 1. The van der Waals surface area contributed by atoms with Gasteiger partial charge in [-0.15, -0.1) is 0 Å². The number of hydrogen-bond acceptors (Lipinski definition) is 3. The minimum atomic E-state index is -0.318. The summed E-state index contributed by atoms with van der Waals surface area (Å²) in [6, 6.07) is 15.7. The van der Waals surface area contributed by atoms with Crippen molar-refractivity contribution in [1.82, 2.24) is 5.43 Å². The molecule has 26 heavy (non-hydrogen) atoms. The molecule has 0 unspecified atom stereocenters. The fourth-order valence-electron chi connectivity index (χ4n) is 2.13. The Labute approximate surface area is 163 Å². The lowest BCUT2D eigenvalue weighted by Crippen LogP contribution is -2.24. The number of hydrogen-bond donors (Lipinski definition) is 1. The fraction of sp³-hybridized carbons (Fsp3) is 0.238. The number of rotatable bonds is 6. The molecule has 0 atom stereocenters. The minimum Gasteiger partial charge on any atom is -0.483 e. The first-order valence-corrected chi connectivity index (χ1v) is 9.12. The van der Waals surface area contributed by atoms with Crippen LogP contribution in [0.3, 0.4) is 0 Å². The first kappa shape index (κ1) is 19.9. The summed E-state index contributed by atoms with van der Waals surface area (Å²) in [6.07, 6.45) is 5.19. The van der Waals surface area contributed by atoms with Gasteiger partial charge in [0.15, 0.2) is 6.61 Å². The summed E-state index contributed by atoms with van der Waals surface area (Å²) in [7, 11) is 0. The molecule has 0 aliphatic carbocycles. The van der Waals surface area contributed by atoms with E-state index in [-0.39, 0.29) is 17.9 Å². The Morgan fingerprint density at radius 2 is 1.92 bits per heavy atom. The molecule has 4 nitrogen and oxygen atoms in total. The normalized spacial score (nSPS) is 11.8. The SMILES string of the molecule is CC(C)(C)c1ccc(OCC(=O)N/N=C/C=C/c2ccccc2)c(Br)c1. The van der Waals surface area contributed by atoms with Crippen LogP contribution in [0.15, 0.2) is 64.2 Å². The van der Waals surface area contributed by atoms with Crippen molar-refractivity contribution >= 4 is 34.1 Å². The first-order valence-electron chi connectivity index (χ1n) is 8.33. The highest BCUT2D eigenvalue weighted by molar-refractivity contribution is 9.10. The van der Waals surface area contributed by atoms with Gasteiger partial charge in [-0.1, -0.05) is 63.2 Å². The minimum absolute atomic E-state index is 0.0560. The summed E-state index contributed by atoms with van der Waals surface area (Å²) in [5.74, 6) is 0.308. The third-order valence-corrected chi connectivity index (χ3v) is 4.21. The zero-order valence-corrected chi connectivity index (χ0v) is 16.8.